The summed E-state index contributed by atoms with van der Waals surface area (Å²) in [6.07, 6.45) is 1.75. The third-order valence-corrected chi connectivity index (χ3v) is 3.12. The van der Waals surface area contributed by atoms with Gasteiger partial charge >= 0.3 is 5.84 Å². The molecule has 0 amide bonds. The number of hydrogen-bond donors (Lipinski definition) is 0. The number of imidazole rings is 1. The van der Waals surface area contributed by atoms with E-state index in [9.17, 15) is 0 Å². The van der Waals surface area contributed by atoms with Gasteiger partial charge in [-0.25, -0.2) is 0 Å². The maximum Gasteiger partial charge on any atom is 0.307 e. The Kier molecular flexibility index (Phi) is 1.83. The fourth-order valence-corrected chi connectivity index (χ4v) is 2.28. The van der Waals surface area contributed by atoms with Crippen LogP contribution >= 0.6 is 0 Å². The van der Waals surface area contributed by atoms with Crippen molar-refractivity contribution in [2.45, 2.75) is 0 Å². The van der Waals surface area contributed by atoms with E-state index in [0.717, 1.165) is 22.3 Å². The lowest BCUT2D eigenvalue weighted by molar-refractivity contribution is 0.597. The molecule has 86 valence electrons. The second-order valence-corrected chi connectivity index (χ2v) is 4.21. The summed E-state index contributed by atoms with van der Waals surface area (Å²) in [5, 5.41) is 0. The Hall–Kier alpha value is -2.55. The van der Waals surface area contributed by atoms with Crippen molar-refractivity contribution < 1.29 is 4.42 Å². The van der Waals surface area contributed by atoms with E-state index < -0.39 is 0 Å². The first kappa shape index (κ1) is 9.48. The summed E-state index contributed by atoms with van der Waals surface area (Å²) < 4.78 is 7.59. The van der Waals surface area contributed by atoms with Crippen molar-refractivity contribution in [3.63, 3.8) is 0 Å². The summed E-state index contributed by atoms with van der Waals surface area (Å²) in [5.74, 6) is 0.634. The molecule has 0 saturated heterocycles. The Labute approximate surface area is 103 Å². The van der Waals surface area contributed by atoms with Crippen LogP contribution in [0.5, 0.6) is 0 Å². The molecular formula is C15H10N2O. The van der Waals surface area contributed by atoms with Crippen LogP contribution in [0.15, 0.2) is 65.3 Å². The maximum absolute atomic E-state index is 5.54. The highest BCUT2D eigenvalue weighted by Crippen LogP contribution is 2.26. The Bertz CT molecular complexity index is 827. The van der Waals surface area contributed by atoms with Gasteiger partial charge in [-0.3, -0.25) is 4.40 Å². The van der Waals surface area contributed by atoms with E-state index >= 15 is 0 Å². The van der Waals surface area contributed by atoms with Gasteiger partial charge in [-0.15, -0.1) is 0 Å². The molecule has 0 spiro atoms. The van der Waals surface area contributed by atoms with Crippen LogP contribution in [0.2, 0.25) is 0 Å². The zero-order valence-corrected chi connectivity index (χ0v) is 9.58. The zero-order chi connectivity index (χ0) is 11.9. The smallest absolute Gasteiger partial charge is 0.307 e. The summed E-state index contributed by atoms with van der Waals surface area (Å²) in [7, 11) is 0. The van der Waals surface area contributed by atoms with Gasteiger partial charge in [-0.1, -0.05) is 42.5 Å². The molecule has 0 aliphatic carbocycles. The third-order valence-electron chi connectivity index (χ3n) is 3.12. The van der Waals surface area contributed by atoms with Crippen molar-refractivity contribution in [1.82, 2.24) is 9.38 Å². The zero-order valence-electron chi connectivity index (χ0n) is 9.58. The maximum atomic E-state index is 5.54. The number of aromatic nitrogens is 2. The fraction of sp³-hybridized carbons (Fsp3) is 0. The van der Waals surface area contributed by atoms with Crippen molar-refractivity contribution in [1.29, 1.82) is 0 Å². The van der Waals surface area contributed by atoms with Gasteiger partial charge < -0.3 is 4.42 Å². The standard InChI is InChI=1S/C15H10N2O/c1-2-6-11(7-3-1)14-10-18-15-16-12-8-4-5-9-13(12)17(14)15/h1-10H. The Morgan fingerprint density at radius 3 is 2.56 bits per heavy atom. The highest BCUT2D eigenvalue weighted by molar-refractivity contribution is 5.82. The van der Waals surface area contributed by atoms with Crippen LogP contribution in [0.3, 0.4) is 0 Å². The highest BCUT2D eigenvalue weighted by atomic mass is 16.3. The first-order valence-electron chi connectivity index (χ1n) is 5.83. The van der Waals surface area contributed by atoms with Crippen molar-refractivity contribution >= 4 is 16.9 Å². The van der Waals surface area contributed by atoms with E-state index in [4.69, 9.17) is 4.42 Å². The number of para-hydroxylation sites is 2. The summed E-state index contributed by atoms with van der Waals surface area (Å²) in [6.45, 7) is 0. The van der Waals surface area contributed by atoms with E-state index in [1.165, 1.54) is 0 Å². The number of hydrogen-bond acceptors (Lipinski definition) is 2. The van der Waals surface area contributed by atoms with Gasteiger partial charge in [0.2, 0.25) is 0 Å². The van der Waals surface area contributed by atoms with Gasteiger partial charge in [0, 0.05) is 5.56 Å². The number of oxazole rings is 1. The quantitative estimate of drug-likeness (QED) is 0.502. The van der Waals surface area contributed by atoms with E-state index in [2.05, 4.69) is 23.2 Å². The lowest BCUT2D eigenvalue weighted by Gasteiger charge is -1.98. The average Bonchev–Trinajstić information content (AvgIpc) is 2.98. The minimum absolute atomic E-state index is 0.634. The molecular weight excluding hydrogens is 224 g/mol. The van der Waals surface area contributed by atoms with Gasteiger partial charge in [-0.2, -0.15) is 4.98 Å². The second kappa shape index (κ2) is 3.47. The second-order valence-electron chi connectivity index (χ2n) is 4.21. The minimum atomic E-state index is 0.634. The van der Waals surface area contributed by atoms with Gasteiger partial charge in [0.05, 0.1) is 16.7 Å². The minimum Gasteiger partial charge on any atom is -0.431 e. The number of nitrogens with zero attached hydrogens (tertiary/aromatic N) is 2. The van der Waals surface area contributed by atoms with Crippen LogP contribution in [0.4, 0.5) is 0 Å². The first-order chi connectivity index (χ1) is 8.93. The number of benzene rings is 2. The molecule has 0 aliphatic heterocycles. The van der Waals surface area contributed by atoms with Crippen molar-refractivity contribution in [2.24, 2.45) is 0 Å². The average molecular weight is 234 g/mol. The van der Waals surface area contributed by atoms with Crippen molar-refractivity contribution in [2.75, 3.05) is 0 Å². The Morgan fingerprint density at radius 1 is 0.889 bits per heavy atom. The van der Waals surface area contributed by atoms with Crippen LogP contribution in [-0.2, 0) is 0 Å². The molecule has 0 bridgehead atoms. The largest absolute Gasteiger partial charge is 0.431 e. The summed E-state index contributed by atoms with van der Waals surface area (Å²) in [6, 6.07) is 18.2. The van der Waals surface area contributed by atoms with Crippen LogP contribution in [0.25, 0.3) is 28.1 Å². The molecule has 18 heavy (non-hydrogen) atoms. The van der Waals surface area contributed by atoms with Gasteiger partial charge in [0.1, 0.15) is 6.26 Å². The van der Waals surface area contributed by atoms with Crippen LogP contribution < -0.4 is 0 Å². The molecule has 3 nitrogen and oxygen atoms in total. The molecule has 2 aromatic heterocycles. The van der Waals surface area contributed by atoms with E-state index in [1.54, 1.807) is 6.26 Å². The number of rotatable bonds is 1. The van der Waals surface area contributed by atoms with Crippen LogP contribution in [0, 0.1) is 0 Å². The molecule has 2 aromatic carbocycles. The highest BCUT2D eigenvalue weighted by Gasteiger charge is 2.12. The molecule has 4 rings (SSSR count). The topological polar surface area (TPSA) is 30.4 Å². The van der Waals surface area contributed by atoms with Crippen molar-refractivity contribution in [3.8, 4) is 11.3 Å². The predicted molar refractivity (Wildman–Crippen MR) is 70.4 cm³/mol. The lowest BCUT2D eigenvalue weighted by atomic mass is 10.2. The number of fused-ring (bicyclic) bond motifs is 3. The molecule has 0 aliphatic rings. The van der Waals surface area contributed by atoms with Gasteiger partial charge in [0.25, 0.3) is 0 Å². The van der Waals surface area contributed by atoms with E-state index in [1.807, 2.05) is 40.8 Å². The summed E-state index contributed by atoms with van der Waals surface area (Å²) >= 11 is 0. The molecule has 2 heterocycles. The Morgan fingerprint density at radius 2 is 1.67 bits per heavy atom. The van der Waals surface area contributed by atoms with E-state index in [-0.39, 0.29) is 0 Å². The molecule has 0 radical (unpaired) electrons. The van der Waals surface area contributed by atoms with E-state index in [0.29, 0.717) is 5.84 Å². The third kappa shape index (κ3) is 1.21. The first-order valence-corrected chi connectivity index (χ1v) is 5.83. The molecule has 3 heteroatoms. The lowest BCUT2D eigenvalue weighted by Crippen LogP contribution is -1.84. The van der Waals surface area contributed by atoms with Crippen molar-refractivity contribution in [3.05, 3.63) is 60.9 Å². The monoisotopic (exact) mass is 234 g/mol. The van der Waals surface area contributed by atoms with Gasteiger partial charge in [-0.05, 0) is 12.1 Å². The molecule has 0 N–H and O–H groups in total. The summed E-state index contributed by atoms with van der Waals surface area (Å²) in [4.78, 5) is 4.46. The molecule has 0 saturated carbocycles. The fourth-order valence-electron chi connectivity index (χ4n) is 2.28. The van der Waals surface area contributed by atoms with Crippen LogP contribution in [-0.4, -0.2) is 9.38 Å². The molecule has 0 atom stereocenters. The molecule has 4 aromatic rings. The SMILES string of the molecule is c1ccc(-c2coc3nc4ccccc4n23)cc1. The van der Waals surface area contributed by atoms with Crippen LogP contribution in [0.1, 0.15) is 0 Å². The molecule has 0 fully saturated rings. The Balaban J connectivity index is 2.13. The predicted octanol–water partition coefficient (Wildman–Crippen LogP) is 3.75. The molecule has 0 unspecified atom stereocenters. The normalized spacial score (nSPS) is 11.3. The summed E-state index contributed by atoms with van der Waals surface area (Å²) in [5.41, 5.74) is 4.17. The van der Waals surface area contributed by atoms with Gasteiger partial charge in [0.15, 0.2) is 0 Å².